The second-order valence-electron chi connectivity index (χ2n) is 6.41. The van der Waals surface area contributed by atoms with E-state index in [1.807, 2.05) is 6.92 Å². The Morgan fingerprint density at radius 1 is 1.14 bits per heavy atom. The van der Waals surface area contributed by atoms with E-state index in [1.165, 1.54) is 9.13 Å². The predicted molar refractivity (Wildman–Crippen MR) is 112 cm³/mol. The summed E-state index contributed by atoms with van der Waals surface area (Å²) in [7, 11) is 0. The molecule has 3 N–H and O–H groups in total. The zero-order valence-electron chi connectivity index (χ0n) is 15.4. The lowest BCUT2D eigenvalue weighted by molar-refractivity contribution is -0.121. The van der Waals surface area contributed by atoms with Crippen molar-refractivity contribution in [2.24, 2.45) is 5.73 Å². The van der Waals surface area contributed by atoms with E-state index in [0.717, 1.165) is 24.0 Å². The minimum absolute atomic E-state index is 0.0266. The molecule has 1 amide bonds. The van der Waals surface area contributed by atoms with Crippen LogP contribution in [0.15, 0.2) is 35.3 Å². The number of halogens is 2. The number of carbonyl (C=O) groups excluding carboxylic acids is 1. The highest BCUT2D eigenvalue weighted by Crippen LogP contribution is 2.28. The minimum atomic E-state index is -0.378. The molecule has 0 aliphatic rings. The van der Waals surface area contributed by atoms with Crippen LogP contribution in [0.3, 0.4) is 0 Å². The summed E-state index contributed by atoms with van der Waals surface area (Å²) >= 11 is 12.2. The molecule has 7 nitrogen and oxygen atoms in total. The van der Waals surface area contributed by atoms with E-state index in [-0.39, 0.29) is 24.8 Å². The number of rotatable bonds is 7. The van der Waals surface area contributed by atoms with Crippen LogP contribution < -0.4 is 16.7 Å². The molecule has 2 heterocycles. The number of hydrogen-bond acceptors (Lipinski definition) is 4. The van der Waals surface area contributed by atoms with Crippen molar-refractivity contribution < 1.29 is 4.79 Å². The van der Waals surface area contributed by atoms with Crippen LogP contribution in [0.4, 0.5) is 0 Å². The highest BCUT2D eigenvalue weighted by molar-refractivity contribution is 6.35. The van der Waals surface area contributed by atoms with Gasteiger partial charge in [-0.3, -0.25) is 13.9 Å². The lowest BCUT2D eigenvalue weighted by atomic mass is 10.1. The van der Waals surface area contributed by atoms with Crippen LogP contribution in [0.1, 0.15) is 19.8 Å². The summed E-state index contributed by atoms with van der Waals surface area (Å²) < 4.78 is 2.72. The molecule has 2 aromatic heterocycles. The molecule has 0 unspecified atom stereocenters. The highest BCUT2D eigenvalue weighted by Gasteiger charge is 2.17. The molecular formula is C19H21Cl2N5O2. The van der Waals surface area contributed by atoms with Crippen molar-refractivity contribution in [3.05, 3.63) is 51.0 Å². The fourth-order valence-corrected chi connectivity index (χ4v) is 3.52. The third-order valence-corrected chi connectivity index (χ3v) is 4.82. The third-order valence-electron chi connectivity index (χ3n) is 4.39. The third kappa shape index (κ3) is 4.22. The standard InChI is InChI=1S/C19H21Cl2N5O2/c1-2-3-4-23-17(27)10-25-18-16(26(11-22)19(25)28)7-13(9-24-18)12-5-14(20)8-15(21)6-12/h5-9H,2-4,10-11,22H2,1H3,(H,23,27). The van der Waals surface area contributed by atoms with E-state index in [4.69, 9.17) is 28.9 Å². The van der Waals surface area contributed by atoms with E-state index in [9.17, 15) is 9.59 Å². The summed E-state index contributed by atoms with van der Waals surface area (Å²) in [6, 6.07) is 6.96. The number of nitrogens with zero attached hydrogens (tertiary/aromatic N) is 3. The van der Waals surface area contributed by atoms with Gasteiger partial charge in [-0.15, -0.1) is 0 Å². The number of unbranched alkanes of at least 4 members (excludes halogenated alkanes) is 1. The molecule has 1 aromatic carbocycles. The number of aromatic nitrogens is 3. The fraction of sp³-hybridized carbons (Fsp3) is 0.316. The van der Waals surface area contributed by atoms with Crippen molar-refractivity contribution in [2.75, 3.05) is 6.54 Å². The second-order valence-corrected chi connectivity index (χ2v) is 7.28. The van der Waals surface area contributed by atoms with Crippen LogP contribution in [-0.2, 0) is 18.0 Å². The van der Waals surface area contributed by atoms with Gasteiger partial charge in [0.1, 0.15) is 6.54 Å². The Bertz CT molecular complexity index is 1050. The topological polar surface area (TPSA) is 94.9 Å². The lowest BCUT2D eigenvalue weighted by Gasteiger charge is -2.06. The Morgan fingerprint density at radius 3 is 2.50 bits per heavy atom. The molecule has 28 heavy (non-hydrogen) atoms. The van der Waals surface area contributed by atoms with Crippen molar-refractivity contribution in [1.29, 1.82) is 0 Å². The van der Waals surface area contributed by atoms with Gasteiger partial charge < -0.3 is 11.1 Å². The largest absolute Gasteiger partial charge is 0.355 e. The quantitative estimate of drug-likeness (QED) is 0.573. The van der Waals surface area contributed by atoms with Gasteiger partial charge in [0.25, 0.3) is 0 Å². The van der Waals surface area contributed by atoms with Gasteiger partial charge in [0.2, 0.25) is 5.91 Å². The number of amides is 1. The average molecular weight is 422 g/mol. The number of imidazole rings is 1. The summed E-state index contributed by atoms with van der Waals surface area (Å²) in [5.41, 5.74) is 7.85. The highest BCUT2D eigenvalue weighted by atomic mass is 35.5. The maximum Gasteiger partial charge on any atom is 0.331 e. The Kier molecular flexibility index (Phi) is 6.39. The maximum atomic E-state index is 12.7. The van der Waals surface area contributed by atoms with Crippen molar-refractivity contribution in [3.63, 3.8) is 0 Å². The van der Waals surface area contributed by atoms with Crippen LogP contribution in [-0.4, -0.2) is 26.6 Å². The average Bonchev–Trinajstić information content (AvgIpc) is 2.91. The first kappa shape index (κ1) is 20.4. The summed E-state index contributed by atoms with van der Waals surface area (Å²) in [5, 5.41) is 3.80. The van der Waals surface area contributed by atoms with Crippen LogP contribution in [0.2, 0.25) is 10.0 Å². The molecule has 3 aromatic rings. The normalized spacial score (nSPS) is 11.1. The molecule has 148 valence electrons. The number of benzene rings is 1. The summed E-state index contributed by atoms with van der Waals surface area (Å²) in [6.07, 6.45) is 3.48. The lowest BCUT2D eigenvalue weighted by Crippen LogP contribution is -2.34. The van der Waals surface area contributed by atoms with E-state index >= 15 is 0 Å². The van der Waals surface area contributed by atoms with Crippen LogP contribution in [0.25, 0.3) is 22.3 Å². The van der Waals surface area contributed by atoms with Crippen molar-refractivity contribution in [2.45, 2.75) is 33.0 Å². The van der Waals surface area contributed by atoms with Crippen molar-refractivity contribution >= 4 is 40.3 Å². The first-order valence-electron chi connectivity index (χ1n) is 8.97. The minimum Gasteiger partial charge on any atom is -0.355 e. The van der Waals surface area contributed by atoms with Crippen LogP contribution in [0, 0.1) is 0 Å². The van der Waals surface area contributed by atoms with Gasteiger partial charge in [0.05, 0.1) is 12.2 Å². The van der Waals surface area contributed by atoms with Gasteiger partial charge in [0, 0.05) is 28.4 Å². The summed E-state index contributed by atoms with van der Waals surface area (Å²) in [5.74, 6) is -0.237. The molecule has 0 atom stereocenters. The Hall–Kier alpha value is -2.35. The number of nitrogens with two attached hydrogens (primary N) is 1. The fourth-order valence-electron chi connectivity index (χ4n) is 2.99. The van der Waals surface area contributed by atoms with Gasteiger partial charge >= 0.3 is 5.69 Å². The van der Waals surface area contributed by atoms with Gasteiger partial charge in [0.15, 0.2) is 5.65 Å². The zero-order valence-corrected chi connectivity index (χ0v) is 16.9. The van der Waals surface area contributed by atoms with Crippen LogP contribution in [0.5, 0.6) is 0 Å². The monoisotopic (exact) mass is 421 g/mol. The van der Waals surface area contributed by atoms with E-state index in [2.05, 4.69) is 10.3 Å². The number of pyridine rings is 1. The summed E-state index contributed by atoms with van der Waals surface area (Å²) in [4.78, 5) is 29.3. The maximum absolute atomic E-state index is 12.7. The molecule has 0 radical (unpaired) electrons. The molecular weight excluding hydrogens is 401 g/mol. The van der Waals surface area contributed by atoms with E-state index in [1.54, 1.807) is 30.5 Å². The number of fused-ring (bicyclic) bond motifs is 1. The van der Waals surface area contributed by atoms with Gasteiger partial charge in [-0.2, -0.15) is 0 Å². The Morgan fingerprint density at radius 2 is 1.86 bits per heavy atom. The first-order valence-corrected chi connectivity index (χ1v) is 9.72. The molecule has 0 fully saturated rings. The van der Waals surface area contributed by atoms with E-state index in [0.29, 0.717) is 27.8 Å². The SMILES string of the molecule is CCCCNC(=O)Cn1c(=O)n(CN)c2cc(-c3cc(Cl)cc(Cl)c3)cnc21. The Labute approximate surface area is 172 Å². The molecule has 3 rings (SSSR count). The second kappa shape index (κ2) is 8.77. The van der Waals surface area contributed by atoms with Crippen molar-refractivity contribution in [1.82, 2.24) is 19.4 Å². The van der Waals surface area contributed by atoms with Gasteiger partial charge in [-0.25, -0.2) is 9.78 Å². The van der Waals surface area contributed by atoms with Gasteiger partial charge in [-0.05, 0) is 36.2 Å². The molecule has 0 spiro atoms. The number of carbonyl (C=O) groups is 1. The predicted octanol–water partition coefficient (Wildman–Crippen LogP) is 3.00. The molecule has 0 aliphatic carbocycles. The molecule has 9 heteroatoms. The molecule has 0 saturated heterocycles. The first-order chi connectivity index (χ1) is 13.4. The van der Waals surface area contributed by atoms with E-state index < -0.39 is 0 Å². The Balaban J connectivity index is 2.02. The number of nitrogens with one attached hydrogen (secondary N) is 1. The zero-order chi connectivity index (χ0) is 20.3. The van der Waals surface area contributed by atoms with Gasteiger partial charge in [-0.1, -0.05) is 36.5 Å². The summed E-state index contributed by atoms with van der Waals surface area (Å²) in [6.45, 7) is 2.48. The molecule has 0 saturated carbocycles. The molecule has 0 aliphatic heterocycles. The van der Waals surface area contributed by atoms with Crippen LogP contribution >= 0.6 is 23.2 Å². The van der Waals surface area contributed by atoms with Crippen molar-refractivity contribution in [3.8, 4) is 11.1 Å². The smallest absolute Gasteiger partial charge is 0.331 e. The molecule has 0 bridgehead atoms. The number of hydrogen-bond donors (Lipinski definition) is 2.